The van der Waals surface area contributed by atoms with Gasteiger partial charge in [-0.1, -0.05) is 30.3 Å². The number of piperidine rings is 1. The number of rotatable bonds is 6. The normalized spacial score (nSPS) is 24.2. The maximum atomic E-state index is 13.0. The zero-order valence-electron chi connectivity index (χ0n) is 15.8. The number of carbonyl (C=O) groups is 1. The molecule has 2 aliphatic heterocycles. The Kier molecular flexibility index (Phi) is 5.27. The average molecular weight is 404 g/mol. The van der Waals surface area contributed by atoms with Crippen LogP contribution in [0, 0.1) is 0 Å². The largest absolute Gasteiger partial charge is 0.456 e. The molecule has 7 nitrogen and oxygen atoms in total. The summed E-state index contributed by atoms with van der Waals surface area (Å²) in [6.45, 7) is 0.0986. The summed E-state index contributed by atoms with van der Waals surface area (Å²) in [5.41, 5.74) is 1.72. The molecule has 3 heterocycles. The fourth-order valence-corrected chi connectivity index (χ4v) is 5.21. The van der Waals surface area contributed by atoms with Gasteiger partial charge in [-0.3, -0.25) is 0 Å². The summed E-state index contributed by atoms with van der Waals surface area (Å²) in [6, 6.07) is 12.0. The van der Waals surface area contributed by atoms with E-state index in [9.17, 15) is 13.2 Å². The average Bonchev–Trinajstić information content (AvgIpc) is 3.30. The van der Waals surface area contributed by atoms with Crippen molar-refractivity contribution >= 4 is 16.2 Å². The summed E-state index contributed by atoms with van der Waals surface area (Å²) >= 11 is 0. The molecule has 0 radical (unpaired) electrons. The van der Waals surface area contributed by atoms with Gasteiger partial charge in [0.25, 0.3) is 0 Å². The number of nitrogens with one attached hydrogen (secondary N) is 2. The Morgan fingerprint density at radius 1 is 1.18 bits per heavy atom. The highest BCUT2D eigenvalue weighted by Crippen LogP contribution is 2.39. The Hall–Kier alpha value is -2.16. The van der Waals surface area contributed by atoms with Crippen molar-refractivity contribution < 1.29 is 17.9 Å². The first-order valence-electron chi connectivity index (χ1n) is 9.60. The predicted molar refractivity (Wildman–Crippen MR) is 105 cm³/mol. The highest BCUT2D eigenvalue weighted by Gasteiger charge is 2.37. The van der Waals surface area contributed by atoms with Crippen molar-refractivity contribution in [1.82, 2.24) is 14.0 Å². The number of carbonyl (C=O) groups excluding carboxylic acids is 1. The number of esters is 1. The smallest absolute Gasteiger partial charge is 0.356 e. The summed E-state index contributed by atoms with van der Waals surface area (Å²) in [7, 11) is -2.50. The minimum absolute atomic E-state index is 0.0986. The van der Waals surface area contributed by atoms with Crippen LogP contribution < -0.4 is 10.0 Å². The van der Waals surface area contributed by atoms with E-state index in [1.165, 1.54) is 13.2 Å². The molecule has 2 N–H and O–H groups in total. The van der Waals surface area contributed by atoms with Gasteiger partial charge in [0.2, 0.25) is 0 Å². The Balaban J connectivity index is 1.64. The van der Waals surface area contributed by atoms with Crippen LogP contribution in [0.4, 0.5) is 0 Å². The standard InChI is InChI=1S/C20H25N3O4S/c1-21-28(25,26)23-10-9-18(15-11-16-7-8-17(12-15)22-16)19(23)20(24)27-13-14-5-3-2-4-6-14/h2-6,9-10,15-17,21-22H,7-8,11-13H2,1H3. The van der Waals surface area contributed by atoms with E-state index in [4.69, 9.17) is 4.74 Å². The van der Waals surface area contributed by atoms with Crippen molar-refractivity contribution in [3.63, 3.8) is 0 Å². The number of fused-ring (bicyclic) bond motifs is 2. The Morgan fingerprint density at radius 2 is 1.86 bits per heavy atom. The third kappa shape index (κ3) is 3.72. The number of hydrogen-bond donors (Lipinski definition) is 2. The fourth-order valence-electron chi connectivity index (χ4n) is 4.37. The highest BCUT2D eigenvalue weighted by molar-refractivity contribution is 7.88. The predicted octanol–water partition coefficient (Wildman–Crippen LogP) is 2.16. The van der Waals surface area contributed by atoms with Crippen LogP contribution in [0.5, 0.6) is 0 Å². The Labute approximate surface area is 165 Å². The molecule has 28 heavy (non-hydrogen) atoms. The maximum absolute atomic E-state index is 13.0. The summed E-state index contributed by atoms with van der Waals surface area (Å²) < 4.78 is 33.7. The summed E-state index contributed by atoms with van der Waals surface area (Å²) in [5.74, 6) is -0.472. The van der Waals surface area contributed by atoms with Crippen LogP contribution in [0.3, 0.4) is 0 Å². The molecule has 4 rings (SSSR count). The molecular weight excluding hydrogens is 378 g/mol. The molecule has 1 aromatic carbocycles. The molecule has 8 heteroatoms. The Bertz CT molecular complexity index is 943. The first kappa shape index (κ1) is 19.2. The lowest BCUT2D eigenvalue weighted by Crippen LogP contribution is -2.37. The van der Waals surface area contributed by atoms with E-state index in [2.05, 4.69) is 10.0 Å². The second-order valence-electron chi connectivity index (χ2n) is 7.49. The molecule has 2 aromatic rings. The first-order chi connectivity index (χ1) is 13.5. The van der Waals surface area contributed by atoms with E-state index in [1.807, 2.05) is 30.3 Å². The molecule has 2 unspecified atom stereocenters. The number of ether oxygens (including phenoxy) is 1. The van der Waals surface area contributed by atoms with Gasteiger partial charge in [0.05, 0.1) is 0 Å². The van der Waals surface area contributed by atoms with E-state index in [-0.39, 0.29) is 18.2 Å². The van der Waals surface area contributed by atoms with E-state index in [0.717, 1.165) is 40.8 Å². The van der Waals surface area contributed by atoms with Gasteiger partial charge in [0, 0.05) is 25.3 Å². The molecule has 0 spiro atoms. The zero-order chi connectivity index (χ0) is 19.7. The fraction of sp³-hybridized carbons (Fsp3) is 0.450. The van der Waals surface area contributed by atoms with E-state index < -0.39 is 16.2 Å². The van der Waals surface area contributed by atoms with Gasteiger partial charge in [-0.2, -0.15) is 8.42 Å². The van der Waals surface area contributed by atoms with Crippen molar-refractivity contribution in [2.45, 2.75) is 50.3 Å². The topological polar surface area (TPSA) is 89.4 Å². The van der Waals surface area contributed by atoms with Gasteiger partial charge in [-0.15, -0.1) is 0 Å². The SMILES string of the molecule is CNS(=O)(=O)n1ccc(C2CC3CCC(C2)N3)c1C(=O)OCc1ccccc1. The lowest BCUT2D eigenvalue weighted by atomic mass is 9.86. The van der Waals surface area contributed by atoms with Gasteiger partial charge < -0.3 is 10.1 Å². The summed E-state index contributed by atoms with van der Waals surface area (Å²) in [4.78, 5) is 13.0. The van der Waals surface area contributed by atoms with E-state index in [1.54, 1.807) is 6.07 Å². The van der Waals surface area contributed by atoms with Crippen LogP contribution in [-0.4, -0.2) is 37.5 Å². The van der Waals surface area contributed by atoms with Gasteiger partial charge in [-0.05, 0) is 48.8 Å². The monoisotopic (exact) mass is 403 g/mol. The number of hydrogen-bond acceptors (Lipinski definition) is 5. The van der Waals surface area contributed by atoms with Crippen molar-refractivity contribution in [3.05, 3.63) is 59.4 Å². The molecule has 2 aliphatic rings. The molecule has 0 amide bonds. The van der Waals surface area contributed by atoms with Crippen LogP contribution in [0.25, 0.3) is 0 Å². The second kappa shape index (κ2) is 7.69. The molecule has 150 valence electrons. The molecule has 0 aliphatic carbocycles. The van der Waals surface area contributed by atoms with Crippen molar-refractivity contribution in [1.29, 1.82) is 0 Å². The van der Waals surface area contributed by atoms with Crippen molar-refractivity contribution in [2.75, 3.05) is 7.05 Å². The molecular formula is C20H25N3O4S. The summed E-state index contributed by atoms with van der Waals surface area (Å²) in [6.07, 6.45) is 5.51. The quantitative estimate of drug-likeness (QED) is 0.722. The van der Waals surface area contributed by atoms with Gasteiger partial charge in [0.15, 0.2) is 0 Å². The summed E-state index contributed by atoms with van der Waals surface area (Å²) in [5, 5.41) is 3.58. The maximum Gasteiger partial charge on any atom is 0.356 e. The molecule has 2 atom stereocenters. The van der Waals surface area contributed by atoms with Gasteiger partial charge >= 0.3 is 16.2 Å². The van der Waals surface area contributed by atoms with Gasteiger partial charge in [0.1, 0.15) is 12.3 Å². The first-order valence-corrected chi connectivity index (χ1v) is 11.0. The zero-order valence-corrected chi connectivity index (χ0v) is 16.6. The molecule has 1 aromatic heterocycles. The minimum atomic E-state index is -3.84. The van der Waals surface area contributed by atoms with Crippen LogP contribution in [0.15, 0.2) is 42.6 Å². The lowest BCUT2D eigenvalue weighted by Gasteiger charge is -2.29. The van der Waals surface area contributed by atoms with Crippen LogP contribution >= 0.6 is 0 Å². The number of aromatic nitrogens is 1. The molecule has 2 bridgehead atoms. The van der Waals surface area contributed by atoms with Crippen molar-refractivity contribution in [3.8, 4) is 0 Å². The van der Waals surface area contributed by atoms with Crippen LogP contribution in [0.2, 0.25) is 0 Å². The lowest BCUT2D eigenvalue weighted by molar-refractivity contribution is 0.0462. The molecule has 2 saturated heterocycles. The van der Waals surface area contributed by atoms with Gasteiger partial charge in [-0.25, -0.2) is 13.5 Å². The molecule has 2 fully saturated rings. The number of nitrogens with zero attached hydrogens (tertiary/aromatic N) is 1. The van der Waals surface area contributed by atoms with Crippen LogP contribution in [0.1, 0.15) is 53.2 Å². The number of benzene rings is 1. The highest BCUT2D eigenvalue weighted by atomic mass is 32.2. The second-order valence-corrected chi connectivity index (χ2v) is 9.24. The molecule has 0 saturated carbocycles. The van der Waals surface area contributed by atoms with Crippen molar-refractivity contribution in [2.24, 2.45) is 0 Å². The third-order valence-corrected chi connectivity index (χ3v) is 7.06. The van der Waals surface area contributed by atoms with Crippen LogP contribution in [-0.2, 0) is 21.6 Å². The van der Waals surface area contributed by atoms with E-state index >= 15 is 0 Å². The Morgan fingerprint density at radius 3 is 2.50 bits per heavy atom. The minimum Gasteiger partial charge on any atom is -0.456 e. The van der Waals surface area contributed by atoms with E-state index in [0.29, 0.717) is 12.1 Å². The third-order valence-electron chi connectivity index (χ3n) is 5.72.